The smallest absolute Gasteiger partial charge is 0.372 e. The lowest BCUT2D eigenvalue weighted by molar-refractivity contribution is 0.139. The van der Waals surface area contributed by atoms with Crippen LogP contribution in [0.2, 0.25) is 0 Å². The minimum atomic E-state index is -2.81. The Morgan fingerprint density at radius 1 is 1.15 bits per heavy atom. The fraction of sp³-hybridized carbons (Fsp3) is 0.500. The van der Waals surface area contributed by atoms with Crippen LogP contribution < -0.4 is 5.32 Å². The van der Waals surface area contributed by atoms with E-state index in [9.17, 15) is 0 Å². The average Bonchev–Trinajstić information content (AvgIpc) is 2.23. The Morgan fingerprint density at radius 3 is 2.15 bits per heavy atom. The van der Waals surface area contributed by atoms with E-state index in [0.29, 0.717) is 5.32 Å². The molecule has 0 aliphatic rings. The van der Waals surface area contributed by atoms with Crippen LogP contribution in [0.25, 0.3) is 0 Å². The molecule has 13 heavy (non-hydrogen) atoms. The molecule has 0 atom stereocenters. The van der Waals surface area contributed by atoms with E-state index in [1.54, 1.807) is 6.07 Å². The summed E-state index contributed by atoms with van der Waals surface area (Å²) in [5.74, 6) is 0. The van der Waals surface area contributed by atoms with Crippen LogP contribution in [0.4, 0.5) is 0 Å². The largest absolute Gasteiger partial charge is 0.557 e. The van der Waals surface area contributed by atoms with Crippen LogP contribution in [-0.2, 0) is 13.3 Å². The Hall–Kier alpha value is -0.893. The summed E-state index contributed by atoms with van der Waals surface area (Å²) in [5, 5.41) is 11.4. The molecular weight excluding hydrogens is 190 g/mol. The van der Waals surface area contributed by atoms with Gasteiger partial charge in [-0.25, -0.2) is 0 Å². The topological polar surface area (TPSA) is 66.4 Å². The quantitative estimate of drug-likeness (QED) is 0.579. The minimum Gasteiger partial charge on any atom is -0.372 e. The molecule has 0 radical (unpaired) electrons. The second kappa shape index (κ2) is 4.37. The number of hydrogen-bond acceptors (Lipinski definition) is 6. The highest BCUT2D eigenvalue weighted by molar-refractivity contribution is 6.74. The van der Waals surface area contributed by atoms with Gasteiger partial charge in [0.2, 0.25) is 0 Å². The van der Waals surface area contributed by atoms with E-state index in [2.05, 4.69) is 15.4 Å². The zero-order chi connectivity index (χ0) is 9.73. The molecule has 1 rings (SSSR count). The van der Waals surface area contributed by atoms with Gasteiger partial charge in [0, 0.05) is 21.3 Å². The Balaban J connectivity index is 3.01. The van der Waals surface area contributed by atoms with Crippen molar-refractivity contribution in [3.8, 4) is 0 Å². The molecule has 0 spiro atoms. The molecule has 0 fully saturated rings. The van der Waals surface area contributed by atoms with Crippen molar-refractivity contribution in [1.29, 1.82) is 0 Å². The van der Waals surface area contributed by atoms with E-state index in [0.717, 1.165) is 0 Å². The Labute approximate surface area is 77.2 Å². The maximum Gasteiger partial charge on any atom is 0.557 e. The molecule has 1 heterocycles. The van der Waals surface area contributed by atoms with Crippen LogP contribution in [0.3, 0.4) is 0 Å². The molecule has 72 valence electrons. The van der Waals surface area contributed by atoms with Crippen molar-refractivity contribution >= 4 is 14.1 Å². The van der Waals surface area contributed by atoms with Gasteiger partial charge in [-0.1, -0.05) is 0 Å². The first-order valence-corrected chi connectivity index (χ1v) is 5.32. The van der Waals surface area contributed by atoms with Crippen molar-refractivity contribution in [1.82, 2.24) is 15.4 Å². The van der Waals surface area contributed by atoms with Gasteiger partial charge in [-0.15, -0.1) is 10.2 Å². The third kappa shape index (κ3) is 1.88. The van der Waals surface area contributed by atoms with Crippen molar-refractivity contribution in [2.45, 2.75) is 0 Å². The monoisotopic (exact) mass is 201 g/mol. The van der Waals surface area contributed by atoms with Crippen molar-refractivity contribution in [3.63, 3.8) is 0 Å². The average molecular weight is 201 g/mol. The Morgan fingerprint density at radius 2 is 1.77 bits per heavy atom. The minimum absolute atomic E-state index is 0.551. The lowest BCUT2D eigenvalue weighted by Gasteiger charge is -2.22. The molecule has 0 aliphatic heterocycles. The van der Waals surface area contributed by atoms with Crippen LogP contribution in [0, 0.1) is 0 Å². The summed E-state index contributed by atoms with van der Waals surface area (Å²) in [6, 6.07) is 1.66. The van der Waals surface area contributed by atoms with Gasteiger partial charge in [-0.2, -0.15) is 0 Å². The zero-order valence-corrected chi connectivity index (χ0v) is 8.72. The predicted molar refractivity (Wildman–Crippen MR) is 46.2 cm³/mol. The molecular formula is C6H11N3O3Si. The van der Waals surface area contributed by atoms with E-state index in [-0.39, 0.29) is 0 Å². The molecule has 0 N–H and O–H groups in total. The lowest BCUT2D eigenvalue weighted by atomic mass is 10.7. The first-order valence-electron chi connectivity index (χ1n) is 3.59. The summed E-state index contributed by atoms with van der Waals surface area (Å²) in [7, 11) is 1.74. The van der Waals surface area contributed by atoms with Gasteiger partial charge < -0.3 is 13.3 Å². The Bertz CT molecular complexity index is 246. The Kier molecular flexibility index (Phi) is 3.43. The van der Waals surface area contributed by atoms with Gasteiger partial charge in [0.15, 0.2) is 0 Å². The van der Waals surface area contributed by atoms with Crippen molar-refractivity contribution in [3.05, 3.63) is 12.3 Å². The predicted octanol–water partition coefficient (Wildman–Crippen LogP) is -1.04. The van der Waals surface area contributed by atoms with Crippen LogP contribution in [-0.4, -0.2) is 45.5 Å². The molecule has 0 aliphatic carbocycles. The molecule has 1 aromatic heterocycles. The van der Waals surface area contributed by atoms with Crippen LogP contribution in [0.1, 0.15) is 0 Å². The third-order valence-electron chi connectivity index (χ3n) is 1.62. The van der Waals surface area contributed by atoms with Gasteiger partial charge in [0.25, 0.3) is 0 Å². The molecule has 0 aromatic carbocycles. The first-order chi connectivity index (χ1) is 6.29. The van der Waals surface area contributed by atoms with Crippen LogP contribution in [0.5, 0.6) is 0 Å². The highest BCUT2D eigenvalue weighted by Gasteiger charge is 2.43. The second-order valence-corrected chi connectivity index (χ2v) is 5.02. The molecule has 1 aromatic rings. The molecule has 0 amide bonds. The lowest BCUT2D eigenvalue weighted by Crippen LogP contribution is -2.56. The fourth-order valence-corrected chi connectivity index (χ4v) is 2.54. The van der Waals surface area contributed by atoms with Gasteiger partial charge in [0.1, 0.15) is 5.32 Å². The van der Waals surface area contributed by atoms with Crippen molar-refractivity contribution in [2.75, 3.05) is 21.3 Å². The number of nitrogens with zero attached hydrogens (tertiary/aromatic N) is 3. The van der Waals surface area contributed by atoms with E-state index in [4.69, 9.17) is 13.3 Å². The first kappa shape index (κ1) is 10.2. The van der Waals surface area contributed by atoms with Gasteiger partial charge in [-0.05, 0) is 11.3 Å². The summed E-state index contributed by atoms with van der Waals surface area (Å²) in [6.45, 7) is 0. The van der Waals surface area contributed by atoms with Gasteiger partial charge >= 0.3 is 8.80 Å². The molecule has 0 saturated carbocycles. The van der Waals surface area contributed by atoms with E-state index in [1.165, 1.54) is 27.5 Å². The van der Waals surface area contributed by atoms with Gasteiger partial charge in [-0.3, -0.25) is 0 Å². The van der Waals surface area contributed by atoms with E-state index < -0.39 is 8.80 Å². The highest BCUT2D eigenvalue weighted by atomic mass is 28.4. The van der Waals surface area contributed by atoms with E-state index >= 15 is 0 Å². The zero-order valence-electron chi connectivity index (χ0n) is 7.72. The molecule has 0 saturated heterocycles. The van der Waals surface area contributed by atoms with Crippen molar-refractivity contribution < 1.29 is 13.3 Å². The highest BCUT2D eigenvalue weighted by Crippen LogP contribution is 2.03. The van der Waals surface area contributed by atoms with Gasteiger partial charge in [0.05, 0.1) is 6.20 Å². The summed E-state index contributed by atoms with van der Waals surface area (Å²) in [6.07, 6.45) is 1.52. The number of rotatable bonds is 4. The van der Waals surface area contributed by atoms with Crippen LogP contribution >= 0.6 is 0 Å². The SMILES string of the molecule is CO[Si](OC)(OC)c1ccnnn1. The fourth-order valence-electron chi connectivity index (χ4n) is 0.968. The molecule has 7 heteroatoms. The summed E-state index contributed by atoms with van der Waals surface area (Å²) in [5.41, 5.74) is 0. The molecule has 0 unspecified atom stereocenters. The molecule has 6 nitrogen and oxygen atoms in total. The summed E-state index contributed by atoms with van der Waals surface area (Å²) >= 11 is 0. The summed E-state index contributed by atoms with van der Waals surface area (Å²) in [4.78, 5) is 0. The third-order valence-corrected chi connectivity index (χ3v) is 4.13. The maximum absolute atomic E-state index is 5.19. The standard InChI is InChI=1S/C6H11N3O3Si/c1-10-13(11-2,12-3)6-4-5-7-9-8-6/h4-5H,1-3H3. The second-order valence-electron chi connectivity index (χ2n) is 2.17. The summed E-state index contributed by atoms with van der Waals surface area (Å²) < 4.78 is 15.6. The normalized spacial score (nSPS) is 11.6. The number of hydrogen-bond donors (Lipinski definition) is 0. The van der Waals surface area contributed by atoms with Crippen molar-refractivity contribution in [2.24, 2.45) is 0 Å². The number of aromatic nitrogens is 3. The van der Waals surface area contributed by atoms with E-state index in [1.807, 2.05) is 0 Å². The van der Waals surface area contributed by atoms with Crippen LogP contribution in [0.15, 0.2) is 12.3 Å². The molecule has 0 bridgehead atoms. The maximum atomic E-state index is 5.19.